The van der Waals surface area contributed by atoms with Crippen LogP contribution in [0, 0.1) is 13.8 Å². The lowest BCUT2D eigenvalue weighted by atomic mass is 10.2. The molecule has 1 heterocycles. The van der Waals surface area contributed by atoms with E-state index >= 15 is 0 Å². The molecule has 1 saturated heterocycles. The van der Waals surface area contributed by atoms with Crippen molar-refractivity contribution in [2.24, 2.45) is 0 Å². The van der Waals surface area contributed by atoms with Crippen molar-refractivity contribution >= 4 is 33.5 Å². The van der Waals surface area contributed by atoms with Gasteiger partial charge in [-0.2, -0.15) is 0 Å². The number of carbonyl (C=O) groups is 2. The van der Waals surface area contributed by atoms with Crippen molar-refractivity contribution in [1.82, 2.24) is 5.32 Å². The minimum absolute atomic E-state index is 0.0464. The molecular weight excluding hydrogens is 350 g/mol. The molecule has 6 nitrogen and oxygen atoms in total. The minimum Gasteiger partial charge on any atom is -0.455 e. The predicted molar refractivity (Wildman–Crippen MR) is 92.8 cm³/mol. The van der Waals surface area contributed by atoms with E-state index in [9.17, 15) is 18.0 Å². The number of benzene rings is 1. The second-order valence-corrected chi connectivity index (χ2v) is 9.13. The van der Waals surface area contributed by atoms with E-state index in [1.54, 1.807) is 0 Å². The van der Waals surface area contributed by atoms with Gasteiger partial charge in [0.1, 0.15) is 0 Å². The van der Waals surface area contributed by atoms with Crippen LogP contribution in [0.15, 0.2) is 23.1 Å². The Morgan fingerprint density at radius 1 is 1.33 bits per heavy atom. The van der Waals surface area contributed by atoms with Crippen molar-refractivity contribution < 1.29 is 22.7 Å². The molecule has 0 bridgehead atoms. The standard InChI is InChI=1S/C16H21NO5S2/c1-11-3-4-14(12(2)7-11)23-9-16(19)22-8-15(18)17-13-5-6-24(20,21)10-13/h3-4,7,13H,5-6,8-10H2,1-2H3,(H,17,18)/t13-/m0/s1. The number of sulfone groups is 1. The summed E-state index contributed by atoms with van der Waals surface area (Å²) in [5.74, 6) is -0.787. The lowest BCUT2D eigenvalue weighted by Crippen LogP contribution is -2.38. The van der Waals surface area contributed by atoms with E-state index in [1.165, 1.54) is 11.8 Å². The van der Waals surface area contributed by atoms with Gasteiger partial charge in [0.25, 0.3) is 5.91 Å². The summed E-state index contributed by atoms with van der Waals surface area (Å²) < 4.78 is 27.6. The van der Waals surface area contributed by atoms with E-state index in [4.69, 9.17) is 4.74 Å². The molecule has 2 rings (SSSR count). The van der Waals surface area contributed by atoms with Gasteiger partial charge in [-0.1, -0.05) is 17.7 Å². The molecule has 0 spiro atoms. The van der Waals surface area contributed by atoms with Crippen molar-refractivity contribution in [2.45, 2.75) is 31.2 Å². The highest BCUT2D eigenvalue weighted by Crippen LogP contribution is 2.23. The van der Waals surface area contributed by atoms with Crippen LogP contribution >= 0.6 is 11.8 Å². The van der Waals surface area contributed by atoms with E-state index in [2.05, 4.69) is 5.32 Å². The van der Waals surface area contributed by atoms with Crippen LogP contribution in [0.5, 0.6) is 0 Å². The fourth-order valence-electron chi connectivity index (χ4n) is 2.46. The topological polar surface area (TPSA) is 89.5 Å². The number of hydrogen-bond donors (Lipinski definition) is 1. The quantitative estimate of drug-likeness (QED) is 0.598. The normalized spacial score (nSPS) is 19.0. The molecule has 8 heteroatoms. The van der Waals surface area contributed by atoms with Crippen molar-refractivity contribution in [2.75, 3.05) is 23.9 Å². The Kier molecular flexibility index (Phi) is 6.28. The molecule has 1 aromatic carbocycles. The Hall–Kier alpha value is -1.54. The van der Waals surface area contributed by atoms with Gasteiger partial charge in [-0.3, -0.25) is 9.59 Å². The predicted octanol–water partition coefficient (Wildman–Crippen LogP) is 1.24. The molecule has 0 aromatic heterocycles. The SMILES string of the molecule is Cc1ccc(SCC(=O)OCC(=O)N[C@H]2CCS(=O)(=O)C2)c(C)c1. The molecule has 1 aliphatic heterocycles. The maximum absolute atomic E-state index is 11.7. The average molecular weight is 371 g/mol. The number of aryl methyl sites for hydroxylation is 2. The Morgan fingerprint density at radius 2 is 2.08 bits per heavy atom. The van der Waals surface area contributed by atoms with E-state index in [1.807, 2.05) is 32.0 Å². The van der Waals surface area contributed by atoms with Gasteiger partial charge in [0.15, 0.2) is 16.4 Å². The zero-order valence-electron chi connectivity index (χ0n) is 13.7. The highest BCUT2D eigenvalue weighted by Gasteiger charge is 2.29. The molecule has 0 unspecified atom stereocenters. The zero-order chi connectivity index (χ0) is 17.7. The maximum Gasteiger partial charge on any atom is 0.316 e. The summed E-state index contributed by atoms with van der Waals surface area (Å²) in [4.78, 5) is 24.4. The van der Waals surface area contributed by atoms with Gasteiger partial charge >= 0.3 is 5.97 Å². The molecule has 1 atom stereocenters. The Balaban J connectivity index is 1.70. The Bertz CT molecular complexity index is 730. The van der Waals surface area contributed by atoms with Crippen molar-refractivity contribution in [3.8, 4) is 0 Å². The van der Waals surface area contributed by atoms with Gasteiger partial charge in [-0.25, -0.2) is 8.42 Å². The first-order valence-corrected chi connectivity index (χ1v) is 10.4. The first kappa shape index (κ1) is 18.8. The third kappa shape index (κ3) is 5.83. The van der Waals surface area contributed by atoms with Crippen LogP contribution in [0.4, 0.5) is 0 Å². The summed E-state index contributed by atoms with van der Waals surface area (Å²) in [5, 5.41) is 2.58. The third-order valence-corrected chi connectivity index (χ3v) is 6.55. The average Bonchev–Trinajstić information content (AvgIpc) is 2.83. The van der Waals surface area contributed by atoms with Crippen LogP contribution in [-0.2, 0) is 24.2 Å². The number of ether oxygens (including phenoxy) is 1. The number of amides is 1. The van der Waals surface area contributed by atoms with Crippen LogP contribution in [-0.4, -0.2) is 50.2 Å². The lowest BCUT2D eigenvalue weighted by molar-refractivity contribution is -0.146. The van der Waals surface area contributed by atoms with Gasteiger partial charge in [0, 0.05) is 10.9 Å². The molecule has 0 aliphatic carbocycles. The van der Waals surface area contributed by atoms with Crippen LogP contribution in [0.1, 0.15) is 17.5 Å². The molecule has 0 radical (unpaired) electrons. The Morgan fingerprint density at radius 3 is 2.71 bits per heavy atom. The Labute approximate surface area is 146 Å². The molecule has 1 fully saturated rings. The molecule has 0 saturated carbocycles. The maximum atomic E-state index is 11.7. The summed E-state index contributed by atoms with van der Waals surface area (Å²) in [6, 6.07) is 5.59. The molecule has 1 aliphatic rings. The van der Waals surface area contributed by atoms with Crippen molar-refractivity contribution in [1.29, 1.82) is 0 Å². The van der Waals surface area contributed by atoms with Crippen LogP contribution in [0.2, 0.25) is 0 Å². The van der Waals surface area contributed by atoms with Crippen LogP contribution in [0.25, 0.3) is 0 Å². The highest BCUT2D eigenvalue weighted by atomic mass is 32.2. The second kappa shape index (κ2) is 8.02. The van der Waals surface area contributed by atoms with E-state index < -0.39 is 21.7 Å². The van der Waals surface area contributed by atoms with Crippen molar-refractivity contribution in [3.05, 3.63) is 29.3 Å². The molecule has 132 valence electrons. The first-order valence-electron chi connectivity index (χ1n) is 7.60. The number of nitrogens with one attached hydrogen (secondary N) is 1. The van der Waals surface area contributed by atoms with E-state index in [0.29, 0.717) is 6.42 Å². The number of hydrogen-bond acceptors (Lipinski definition) is 6. The van der Waals surface area contributed by atoms with Crippen molar-refractivity contribution in [3.63, 3.8) is 0 Å². The highest BCUT2D eigenvalue weighted by molar-refractivity contribution is 8.00. The summed E-state index contributed by atoms with van der Waals surface area (Å²) in [6.07, 6.45) is 0.407. The summed E-state index contributed by atoms with van der Waals surface area (Å²) in [5.41, 5.74) is 2.25. The molecule has 1 amide bonds. The van der Waals surface area contributed by atoms with Crippen LogP contribution < -0.4 is 5.32 Å². The number of rotatable bonds is 6. The minimum atomic E-state index is -3.04. The molecule has 1 aromatic rings. The fourth-order valence-corrected chi connectivity index (χ4v) is 4.94. The molecule has 24 heavy (non-hydrogen) atoms. The van der Waals surface area contributed by atoms with Gasteiger partial charge in [-0.05, 0) is 31.9 Å². The van der Waals surface area contributed by atoms with E-state index in [-0.39, 0.29) is 29.9 Å². The van der Waals surface area contributed by atoms with Gasteiger partial charge in [-0.15, -0.1) is 11.8 Å². The second-order valence-electron chi connectivity index (χ2n) is 5.89. The smallest absolute Gasteiger partial charge is 0.316 e. The van der Waals surface area contributed by atoms with Crippen LogP contribution in [0.3, 0.4) is 0 Å². The molecule has 1 N–H and O–H groups in total. The van der Waals surface area contributed by atoms with Gasteiger partial charge in [0.05, 0.1) is 17.3 Å². The van der Waals surface area contributed by atoms with E-state index in [0.717, 1.165) is 16.0 Å². The molecular formula is C16H21NO5S2. The monoisotopic (exact) mass is 371 g/mol. The number of thioether (sulfide) groups is 1. The number of carbonyl (C=O) groups excluding carboxylic acids is 2. The summed E-state index contributed by atoms with van der Waals surface area (Å²) in [6.45, 7) is 3.59. The van der Waals surface area contributed by atoms with Gasteiger partial charge < -0.3 is 10.1 Å². The lowest BCUT2D eigenvalue weighted by Gasteiger charge is -2.11. The summed E-state index contributed by atoms with van der Waals surface area (Å²) in [7, 11) is -3.04. The largest absolute Gasteiger partial charge is 0.455 e. The third-order valence-electron chi connectivity index (χ3n) is 3.64. The first-order chi connectivity index (χ1) is 11.2. The zero-order valence-corrected chi connectivity index (χ0v) is 15.3. The fraction of sp³-hybridized carbons (Fsp3) is 0.500. The van der Waals surface area contributed by atoms with Gasteiger partial charge in [0.2, 0.25) is 0 Å². The summed E-state index contributed by atoms with van der Waals surface area (Å²) >= 11 is 1.36. The number of esters is 1.